The summed E-state index contributed by atoms with van der Waals surface area (Å²) in [6.45, 7) is 6.12. The van der Waals surface area contributed by atoms with E-state index in [9.17, 15) is 0 Å². The van der Waals surface area contributed by atoms with Gasteiger partial charge < -0.3 is 5.32 Å². The molecular formula is C11H20ClN3S. The summed E-state index contributed by atoms with van der Waals surface area (Å²) in [4.78, 5) is 0. The lowest BCUT2D eigenvalue weighted by Gasteiger charge is -2.09. The van der Waals surface area contributed by atoms with Gasteiger partial charge in [-0.15, -0.1) is 0 Å². The molecule has 0 aliphatic rings. The molecule has 1 N–H and O–H groups in total. The van der Waals surface area contributed by atoms with E-state index < -0.39 is 0 Å². The largest absolute Gasteiger partial charge is 0.311 e. The molecule has 1 heterocycles. The van der Waals surface area contributed by atoms with Gasteiger partial charge in [0, 0.05) is 31.0 Å². The van der Waals surface area contributed by atoms with Crippen LogP contribution in [0, 0.1) is 0 Å². The van der Waals surface area contributed by atoms with Crippen LogP contribution in [0.25, 0.3) is 0 Å². The van der Waals surface area contributed by atoms with Crippen molar-refractivity contribution in [3.63, 3.8) is 0 Å². The van der Waals surface area contributed by atoms with Crippen LogP contribution in [0.4, 0.5) is 0 Å². The van der Waals surface area contributed by atoms with E-state index in [0.717, 1.165) is 35.9 Å². The highest BCUT2D eigenvalue weighted by Crippen LogP contribution is 2.19. The third kappa shape index (κ3) is 3.40. The number of nitrogens with one attached hydrogen (secondary N) is 1. The van der Waals surface area contributed by atoms with E-state index in [1.165, 1.54) is 0 Å². The van der Waals surface area contributed by atoms with E-state index in [1.54, 1.807) is 4.68 Å². The summed E-state index contributed by atoms with van der Waals surface area (Å²) in [5.74, 6) is 0. The minimum atomic E-state index is 0.625. The van der Waals surface area contributed by atoms with Gasteiger partial charge in [0.1, 0.15) is 5.15 Å². The summed E-state index contributed by atoms with van der Waals surface area (Å²) in [6, 6.07) is 0. The van der Waals surface area contributed by atoms with Gasteiger partial charge in [0.25, 0.3) is 0 Å². The topological polar surface area (TPSA) is 29.9 Å². The molecule has 0 aliphatic heterocycles. The number of aromatic nitrogens is 2. The quantitative estimate of drug-likeness (QED) is 0.853. The smallest absolute Gasteiger partial charge is 0.131 e. The minimum Gasteiger partial charge on any atom is -0.311 e. The zero-order valence-corrected chi connectivity index (χ0v) is 12.0. The van der Waals surface area contributed by atoms with Crippen LogP contribution in [-0.4, -0.2) is 27.8 Å². The Morgan fingerprint density at radius 3 is 2.81 bits per heavy atom. The summed E-state index contributed by atoms with van der Waals surface area (Å²) >= 11 is 8.06. The second-order valence-corrected chi connectivity index (χ2v) is 5.50. The van der Waals surface area contributed by atoms with Crippen molar-refractivity contribution < 1.29 is 0 Å². The predicted molar refractivity (Wildman–Crippen MR) is 72.3 cm³/mol. The molecule has 0 bridgehead atoms. The van der Waals surface area contributed by atoms with Gasteiger partial charge in [-0.1, -0.05) is 25.4 Å². The monoisotopic (exact) mass is 261 g/mol. The molecule has 3 nitrogen and oxygen atoms in total. The van der Waals surface area contributed by atoms with E-state index in [2.05, 4.69) is 30.5 Å². The van der Waals surface area contributed by atoms with Gasteiger partial charge in [0.05, 0.1) is 5.69 Å². The molecule has 0 spiro atoms. The van der Waals surface area contributed by atoms with Crippen LogP contribution in [0.1, 0.15) is 25.1 Å². The van der Waals surface area contributed by atoms with Gasteiger partial charge in [-0.25, -0.2) is 0 Å². The van der Waals surface area contributed by atoms with Crippen LogP contribution in [0.5, 0.6) is 0 Å². The summed E-state index contributed by atoms with van der Waals surface area (Å²) in [6.07, 6.45) is 3.05. The first-order valence-electron chi connectivity index (χ1n) is 5.53. The maximum atomic E-state index is 6.20. The fourth-order valence-electron chi connectivity index (χ4n) is 1.54. The number of aryl methyl sites for hydroxylation is 2. The second kappa shape index (κ2) is 6.52. The Morgan fingerprint density at radius 1 is 1.56 bits per heavy atom. The van der Waals surface area contributed by atoms with E-state index in [1.807, 2.05) is 18.8 Å². The van der Waals surface area contributed by atoms with Crippen molar-refractivity contribution in [2.45, 2.75) is 32.1 Å². The van der Waals surface area contributed by atoms with Gasteiger partial charge in [-0.3, -0.25) is 4.68 Å². The molecule has 0 aromatic carbocycles. The lowest BCUT2D eigenvalue weighted by molar-refractivity contribution is 0.680. The lowest BCUT2D eigenvalue weighted by Crippen LogP contribution is -2.22. The molecule has 0 amide bonds. The van der Waals surface area contributed by atoms with E-state index in [-0.39, 0.29) is 0 Å². The Kier molecular flexibility index (Phi) is 5.66. The molecule has 5 heteroatoms. The molecule has 1 aromatic rings. The SMILES string of the molecule is CCc1nn(C)c(Cl)c1CNCC(C)SC. The fourth-order valence-corrected chi connectivity index (χ4v) is 2.04. The summed E-state index contributed by atoms with van der Waals surface area (Å²) in [5, 5.41) is 9.19. The highest BCUT2D eigenvalue weighted by molar-refractivity contribution is 7.99. The molecule has 1 atom stereocenters. The number of hydrogen-bond acceptors (Lipinski definition) is 3. The van der Waals surface area contributed by atoms with Crippen molar-refractivity contribution in [2.75, 3.05) is 12.8 Å². The third-order valence-corrected chi connectivity index (χ3v) is 4.07. The molecule has 0 radical (unpaired) electrons. The van der Waals surface area contributed by atoms with Gasteiger partial charge in [0.2, 0.25) is 0 Å². The van der Waals surface area contributed by atoms with Crippen LogP contribution in [0.3, 0.4) is 0 Å². The highest BCUT2D eigenvalue weighted by atomic mass is 35.5. The number of rotatable bonds is 6. The van der Waals surface area contributed by atoms with Crippen molar-refractivity contribution in [3.8, 4) is 0 Å². The van der Waals surface area contributed by atoms with Crippen LogP contribution < -0.4 is 5.32 Å². The molecular weight excluding hydrogens is 242 g/mol. The normalized spacial score (nSPS) is 13.1. The fraction of sp³-hybridized carbons (Fsp3) is 0.727. The molecule has 0 saturated carbocycles. The van der Waals surface area contributed by atoms with Gasteiger partial charge in [-0.05, 0) is 12.7 Å². The van der Waals surface area contributed by atoms with Crippen molar-refractivity contribution in [1.29, 1.82) is 0 Å². The van der Waals surface area contributed by atoms with Crippen LogP contribution in [0.2, 0.25) is 5.15 Å². The second-order valence-electron chi connectivity index (χ2n) is 3.87. The molecule has 1 aromatic heterocycles. The van der Waals surface area contributed by atoms with Gasteiger partial charge in [-0.2, -0.15) is 16.9 Å². The van der Waals surface area contributed by atoms with Crippen molar-refractivity contribution >= 4 is 23.4 Å². The molecule has 92 valence electrons. The average Bonchev–Trinajstić information content (AvgIpc) is 2.56. The zero-order chi connectivity index (χ0) is 12.1. The highest BCUT2D eigenvalue weighted by Gasteiger charge is 2.12. The predicted octanol–water partition coefficient (Wildman–Crippen LogP) is 2.48. The maximum Gasteiger partial charge on any atom is 0.131 e. The Balaban J connectivity index is 2.59. The third-order valence-electron chi connectivity index (χ3n) is 2.62. The Bertz CT molecular complexity index is 338. The standard InChI is InChI=1S/C11H20ClN3S/c1-5-10-9(11(12)15(3)14-10)7-13-6-8(2)16-4/h8,13H,5-7H2,1-4H3. The summed E-state index contributed by atoms with van der Waals surface area (Å²) in [5.41, 5.74) is 2.23. The van der Waals surface area contributed by atoms with Crippen molar-refractivity contribution in [1.82, 2.24) is 15.1 Å². The number of halogens is 1. The van der Waals surface area contributed by atoms with E-state index in [0.29, 0.717) is 5.25 Å². The zero-order valence-electron chi connectivity index (χ0n) is 10.4. The molecule has 1 unspecified atom stereocenters. The minimum absolute atomic E-state index is 0.625. The average molecular weight is 262 g/mol. The van der Waals surface area contributed by atoms with Crippen molar-refractivity contribution in [3.05, 3.63) is 16.4 Å². The number of hydrogen-bond donors (Lipinski definition) is 1. The van der Waals surface area contributed by atoms with Crippen LogP contribution >= 0.6 is 23.4 Å². The Morgan fingerprint density at radius 2 is 2.25 bits per heavy atom. The Labute approximate surface area is 107 Å². The van der Waals surface area contributed by atoms with Gasteiger partial charge in [0.15, 0.2) is 0 Å². The molecule has 0 fully saturated rings. The van der Waals surface area contributed by atoms with E-state index in [4.69, 9.17) is 11.6 Å². The number of nitrogens with zero attached hydrogens (tertiary/aromatic N) is 2. The summed E-state index contributed by atoms with van der Waals surface area (Å²) < 4.78 is 1.75. The maximum absolute atomic E-state index is 6.20. The number of thioether (sulfide) groups is 1. The van der Waals surface area contributed by atoms with Gasteiger partial charge >= 0.3 is 0 Å². The first-order chi connectivity index (χ1) is 7.60. The molecule has 0 saturated heterocycles. The lowest BCUT2D eigenvalue weighted by atomic mass is 10.2. The first-order valence-corrected chi connectivity index (χ1v) is 7.20. The summed E-state index contributed by atoms with van der Waals surface area (Å²) in [7, 11) is 1.88. The molecule has 1 rings (SSSR count). The molecule has 0 aliphatic carbocycles. The first kappa shape index (κ1) is 13.9. The molecule has 16 heavy (non-hydrogen) atoms. The van der Waals surface area contributed by atoms with Crippen LogP contribution in [-0.2, 0) is 20.0 Å². The van der Waals surface area contributed by atoms with Crippen molar-refractivity contribution in [2.24, 2.45) is 7.05 Å². The Hall–Kier alpha value is -0.190. The van der Waals surface area contributed by atoms with E-state index >= 15 is 0 Å². The van der Waals surface area contributed by atoms with Crippen LogP contribution in [0.15, 0.2) is 0 Å².